The molecule has 1 N–H and O–H groups in total. The maximum atomic E-state index is 9.06. The molecule has 1 aliphatic carbocycles. The molecular formula is C10H18O2. The molecule has 4 unspecified atom stereocenters. The van der Waals surface area contributed by atoms with Gasteiger partial charge in [-0.3, -0.25) is 0 Å². The summed E-state index contributed by atoms with van der Waals surface area (Å²) in [5.41, 5.74) is 0. The van der Waals surface area contributed by atoms with Crippen LogP contribution in [-0.4, -0.2) is 23.9 Å². The first-order chi connectivity index (χ1) is 5.79. The molecule has 2 aliphatic rings. The maximum Gasteiger partial charge on any atom is 0.0639 e. The normalized spacial score (nSPS) is 41.0. The fourth-order valence-electron chi connectivity index (χ4n) is 2.40. The molecule has 0 aromatic heterocycles. The van der Waals surface area contributed by atoms with Crippen molar-refractivity contribution in [2.75, 3.05) is 6.61 Å². The van der Waals surface area contributed by atoms with Gasteiger partial charge in [-0.15, -0.1) is 0 Å². The second-order valence-corrected chi connectivity index (χ2v) is 4.23. The lowest BCUT2D eigenvalue weighted by molar-refractivity contribution is 0.133. The van der Waals surface area contributed by atoms with Gasteiger partial charge < -0.3 is 9.84 Å². The minimum atomic E-state index is -0.121. The Hall–Kier alpha value is -0.0800. The van der Waals surface area contributed by atoms with E-state index in [0.29, 0.717) is 6.10 Å². The number of aliphatic hydroxyl groups is 1. The van der Waals surface area contributed by atoms with Gasteiger partial charge in [0.2, 0.25) is 0 Å². The van der Waals surface area contributed by atoms with Crippen LogP contribution in [0.3, 0.4) is 0 Å². The monoisotopic (exact) mass is 170 g/mol. The van der Waals surface area contributed by atoms with Gasteiger partial charge >= 0.3 is 0 Å². The molecule has 0 bridgehead atoms. The minimum absolute atomic E-state index is 0.121. The Morgan fingerprint density at radius 1 is 1.58 bits per heavy atom. The van der Waals surface area contributed by atoms with Crippen LogP contribution in [0.2, 0.25) is 0 Å². The first-order valence-electron chi connectivity index (χ1n) is 5.08. The lowest BCUT2D eigenvalue weighted by atomic mass is 10.1. The van der Waals surface area contributed by atoms with E-state index in [2.05, 4.69) is 0 Å². The summed E-state index contributed by atoms with van der Waals surface area (Å²) in [6.07, 6.45) is 5.15. The molecule has 0 aromatic rings. The molecule has 1 heterocycles. The largest absolute Gasteiger partial charge is 0.393 e. The highest BCUT2D eigenvalue weighted by molar-refractivity contribution is 5.01. The standard InChI is InChI=1S/C10H18O2/c1-7(11)3-2-4-8-9-5-6-12-10(8)9/h7-11H,2-6H2,1H3. The molecule has 0 radical (unpaired) electrons. The number of fused-ring (bicyclic) bond motifs is 1. The van der Waals surface area contributed by atoms with Gasteiger partial charge in [0.05, 0.1) is 12.2 Å². The van der Waals surface area contributed by atoms with Gasteiger partial charge in [0.1, 0.15) is 0 Å². The first kappa shape index (κ1) is 8.52. The predicted molar refractivity (Wildman–Crippen MR) is 46.9 cm³/mol. The topological polar surface area (TPSA) is 29.5 Å². The van der Waals surface area contributed by atoms with Crippen molar-refractivity contribution in [3.8, 4) is 0 Å². The van der Waals surface area contributed by atoms with Crippen LogP contribution < -0.4 is 0 Å². The SMILES string of the molecule is CC(O)CCCC1C2CCOC12. The number of ether oxygens (including phenoxy) is 1. The second-order valence-electron chi connectivity index (χ2n) is 4.23. The average Bonchev–Trinajstić information content (AvgIpc) is 2.49. The Balaban J connectivity index is 1.58. The number of hydrogen-bond acceptors (Lipinski definition) is 2. The summed E-state index contributed by atoms with van der Waals surface area (Å²) in [6.45, 7) is 2.85. The molecule has 4 atom stereocenters. The number of rotatable bonds is 4. The summed E-state index contributed by atoms with van der Waals surface area (Å²) in [5, 5.41) is 9.06. The van der Waals surface area contributed by atoms with E-state index in [0.717, 1.165) is 24.9 Å². The van der Waals surface area contributed by atoms with Crippen LogP contribution in [0.1, 0.15) is 32.6 Å². The Morgan fingerprint density at radius 3 is 3.00 bits per heavy atom. The van der Waals surface area contributed by atoms with Gasteiger partial charge in [-0.05, 0) is 38.0 Å². The van der Waals surface area contributed by atoms with Crippen molar-refractivity contribution in [2.24, 2.45) is 11.8 Å². The third-order valence-electron chi connectivity index (χ3n) is 3.17. The predicted octanol–water partition coefficient (Wildman–Crippen LogP) is 1.57. The van der Waals surface area contributed by atoms with Crippen LogP contribution >= 0.6 is 0 Å². The molecule has 2 rings (SSSR count). The number of hydrogen-bond donors (Lipinski definition) is 1. The van der Waals surface area contributed by atoms with Gasteiger partial charge in [-0.25, -0.2) is 0 Å². The van der Waals surface area contributed by atoms with Crippen molar-refractivity contribution in [1.82, 2.24) is 0 Å². The Morgan fingerprint density at radius 2 is 2.42 bits per heavy atom. The van der Waals surface area contributed by atoms with E-state index in [1.165, 1.54) is 19.3 Å². The van der Waals surface area contributed by atoms with E-state index in [-0.39, 0.29) is 6.10 Å². The summed E-state index contributed by atoms with van der Waals surface area (Å²) >= 11 is 0. The molecule has 1 saturated heterocycles. The van der Waals surface area contributed by atoms with Crippen LogP contribution in [0.4, 0.5) is 0 Å². The first-order valence-corrected chi connectivity index (χ1v) is 5.08. The van der Waals surface area contributed by atoms with Crippen LogP contribution in [0.25, 0.3) is 0 Å². The lowest BCUT2D eigenvalue weighted by Gasteiger charge is -2.04. The smallest absolute Gasteiger partial charge is 0.0639 e. The summed E-state index contributed by atoms with van der Waals surface area (Å²) in [4.78, 5) is 0. The zero-order valence-electron chi connectivity index (χ0n) is 7.70. The lowest BCUT2D eigenvalue weighted by Crippen LogP contribution is -2.01. The van der Waals surface area contributed by atoms with Crippen molar-refractivity contribution < 1.29 is 9.84 Å². The van der Waals surface area contributed by atoms with E-state index in [1.807, 2.05) is 6.92 Å². The van der Waals surface area contributed by atoms with Gasteiger partial charge in [-0.1, -0.05) is 6.42 Å². The highest BCUT2D eigenvalue weighted by Gasteiger charge is 2.53. The summed E-state index contributed by atoms with van der Waals surface area (Å²) in [5.74, 6) is 1.73. The molecular weight excluding hydrogens is 152 g/mol. The molecule has 70 valence electrons. The highest BCUT2D eigenvalue weighted by Crippen LogP contribution is 2.51. The quantitative estimate of drug-likeness (QED) is 0.694. The average molecular weight is 170 g/mol. The van der Waals surface area contributed by atoms with Crippen LogP contribution in [0, 0.1) is 11.8 Å². The summed E-state index contributed by atoms with van der Waals surface area (Å²) in [7, 11) is 0. The molecule has 12 heavy (non-hydrogen) atoms. The van der Waals surface area contributed by atoms with E-state index in [9.17, 15) is 0 Å². The zero-order valence-corrected chi connectivity index (χ0v) is 7.70. The number of aliphatic hydroxyl groups excluding tert-OH is 1. The Labute approximate surface area is 73.9 Å². The Bertz CT molecular complexity index is 146. The van der Waals surface area contributed by atoms with Crippen molar-refractivity contribution in [1.29, 1.82) is 0 Å². The third-order valence-corrected chi connectivity index (χ3v) is 3.17. The Kier molecular flexibility index (Phi) is 2.37. The maximum absolute atomic E-state index is 9.06. The van der Waals surface area contributed by atoms with Crippen LogP contribution in [0.5, 0.6) is 0 Å². The fourth-order valence-corrected chi connectivity index (χ4v) is 2.40. The van der Waals surface area contributed by atoms with Gasteiger partial charge in [0.25, 0.3) is 0 Å². The molecule has 1 saturated carbocycles. The molecule has 0 amide bonds. The molecule has 0 aromatic carbocycles. The second kappa shape index (κ2) is 3.35. The van der Waals surface area contributed by atoms with Crippen LogP contribution in [-0.2, 0) is 4.74 Å². The highest BCUT2D eigenvalue weighted by atomic mass is 16.5. The molecule has 2 fully saturated rings. The van der Waals surface area contributed by atoms with Gasteiger partial charge in [0.15, 0.2) is 0 Å². The molecule has 0 spiro atoms. The summed E-state index contributed by atoms with van der Waals surface area (Å²) in [6, 6.07) is 0. The van der Waals surface area contributed by atoms with Crippen LogP contribution in [0.15, 0.2) is 0 Å². The van der Waals surface area contributed by atoms with Gasteiger partial charge in [-0.2, -0.15) is 0 Å². The molecule has 2 heteroatoms. The zero-order chi connectivity index (χ0) is 8.55. The van der Waals surface area contributed by atoms with Crippen molar-refractivity contribution >= 4 is 0 Å². The molecule has 2 nitrogen and oxygen atoms in total. The van der Waals surface area contributed by atoms with Crippen molar-refractivity contribution in [3.05, 3.63) is 0 Å². The minimum Gasteiger partial charge on any atom is -0.393 e. The van der Waals surface area contributed by atoms with E-state index < -0.39 is 0 Å². The van der Waals surface area contributed by atoms with E-state index in [1.54, 1.807) is 0 Å². The van der Waals surface area contributed by atoms with E-state index >= 15 is 0 Å². The van der Waals surface area contributed by atoms with Gasteiger partial charge in [0, 0.05) is 6.61 Å². The summed E-state index contributed by atoms with van der Waals surface area (Å²) < 4.78 is 5.53. The third kappa shape index (κ3) is 1.64. The van der Waals surface area contributed by atoms with E-state index in [4.69, 9.17) is 9.84 Å². The van der Waals surface area contributed by atoms with Crippen molar-refractivity contribution in [3.63, 3.8) is 0 Å². The fraction of sp³-hybridized carbons (Fsp3) is 1.00. The molecule has 1 aliphatic heterocycles. The van der Waals surface area contributed by atoms with Crippen molar-refractivity contribution in [2.45, 2.75) is 44.8 Å².